The molecule has 1 saturated heterocycles. The van der Waals surface area contributed by atoms with Crippen molar-refractivity contribution in [1.82, 2.24) is 14.5 Å². The molecule has 3 heterocycles. The molecule has 0 radical (unpaired) electrons. The highest BCUT2D eigenvalue weighted by atomic mass is 127. The quantitative estimate of drug-likeness (QED) is 0.456. The fourth-order valence-electron chi connectivity index (χ4n) is 2.51. The van der Waals surface area contributed by atoms with Crippen molar-refractivity contribution in [3.63, 3.8) is 0 Å². The van der Waals surface area contributed by atoms with Crippen molar-refractivity contribution < 1.29 is 9.53 Å². The molecule has 1 N–H and O–H groups in total. The molecule has 2 aromatic heterocycles. The third-order valence-corrected chi connectivity index (χ3v) is 5.41. The van der Waals surface area contributed by atoms with Crippen LogP contribution in [0.4, 0.5) is 5.82 Å². The Kier molecular flexibility index (Phi) is 6.98. The van der Waals surface area contributed by atoms with Gasteiger partial charge in [-0.15, -0.1) is 0 Å². The number of ether oxygens (including phenoxy) is 1. The molecule has 0 amide bonds. The van der Waals surface area contributed by atoms with E-state index in [0.717, 1.165) is 38.2 Å². The summed E-state index contributed by atoms with van der Waals surface area (Å²) in [4.78, 5) is 13.2. The van der Waals surface area contributed by atoms with Gasteiger partial charge in [-0.05, 0) is 41.8 Å². The normalized spacial score (nSPS) is 15.8. The van der Waals surface area contributed by atoms with Crippen LogP contribution in [-0.2, 0) is 9.53 Å². The van der Waals surface area contributed by atoms with E-state index in [1.54, 1.807) is 0 Å². The number of halogens is 1. The minimum absolute atomic E-state index is 0.507. The number of hydrogen-bond donors (Lipinski definition) is 1. The Hall–Kier alpha value is -0.790. The molecule has 0 bridgehead atoms. The molecule has 8 heteroatoms. The lowest BCUT2D eigenvalue weighted by atomic mass is 9.95. The minimum Gasteiger partial charge on any atom is -0.381 e. The Labute approximate surface area is 144 Å². The summed E-state index contributed by atoms with van der Waals surface area (Å²) in [7, 11) is 1.89. The lowest BCUT2D eigenvalue weighted by Crippen LogP contribution is -2.14. The van der Waals surface area contributed by atoms with Crippen molar-refractivity contribution in [2.75, 3.05) is 25.6 Å². The average Bonchev–Trinajstić information content (AvgIpc) is 2.94. The summed E-state index contributed by atoms with van der Waals surface area (Å²) in [5, 5.41) is 9.08. The topological polar surface area (TPSA) is 69.0 Å². The molecule has 1 aliphatic heterocycles. The van der Waals surface area contributed by atoms with Gasteiger partial charge in [-0.2, -0.15) is 5.10 Å². The van der Waals surface area contributed by atoms with E-state index in [2.05, 4.69) is 42.9 Å². The van der Waals surface area contributed by atoms with Crippen molar-refractivity contribution in [3.05, 3.63) is 18.0 Å². The van der Waals surface area contributed by atoms with Crippen LogP contribution in [0.15, 0.2) is 12.3 Å². The largest absolute Gasteiger partial charge is 0.381 e. The summed E-state index contributed by atoms with van der Waals surface area (Å²) in [6.07, 6.45) is 5.43. The SMILES string of the molecule is CC=O.CNc1cc2c(cn1)c(C1CCOCC1)nn2PI. The standard InChI is InChI=1S/C12H16IN4OP.C2H4O/c1-14-11-6-10-9(7-15-11)12(16-17(10)19-13)8-2-4-18-5-3-8;1-2-3/h6-8,19H,2-5H2,1H3,(H,14,15);2H,1H3. The van der Waals surface area contributed by atoms with Crippen molar-refractivity contribution in [1.29, 1.82) is 0 Å². The zero-order valence-electron chi connectivity index (χ0n) is 12.7. The van der Waals surface area contributed by atoms with Crippen LogP contribution < -0.4 is 5.32 Å². The number of hydrogen-bond acceptors (Lipinski definition) is 5. The van der Waals surface area contributed by atoms with Gasteiger partial charge in [0.25, 0.3) is 0 Å². The summed E-state index contributed by atoms with van der Waals surface area (Å²) < 4.78 is 7.53. The second-order valence-electron chi connectivity index (χ2n) is 4.84. The van der Waals surface area contributed by atoms with Gasteiger partial charge in [0, 0.05) is 43.8 Å². The summed E-state index contributed by atoms with van der Waals surface area (Å²) in [6.45, 7) is 3.13. The van der Waals surface area contributed by atoms with Gasteiger partial charge in [-0.3, -0.25) is 0 Å². The molecule has 0 spiro atoms. The fourth-order valence-corrected chi connectivity index (χ4v) is 4.03. The first-order valence-electron chi connectivity index (χ1n) is 7.15. The van der Waals surface area contributed by atoms with E-state index in [0.29, 0.717) is 12.3 Å². The first kappa shape index (κ1) is 17.6. The second kappa shape index (κ2) is 8.74. The van der Waals surface area contributed by atoms with Gasteiger partial charge in [0.2, 0.25) is 0 Å². The molecular formula is C14H20IN4O2P. The second-order valence-corrected chi connectivity index (χ2v) is 6.88. The van der Waals surface area contributed by atoms with Crippen molar-refractivity contribution >= 4 is 51.4 Å². The molecular weight excluding hydrogens is 414 g/mol. The summed E-state index contributed by atoms with van der Waals surface area (Å²) >= 11 is 2.37. The third-order valence-electron chi connectivity index (χ3n) is 3.54. The van der Waals surface area contributed by atoms with Gasteiger partial charge in [-0.1, -0.05) is 0 Å². The number of aromatic nitrogens is 3. The maximum absolute atomic E-state index is 8.81. The number of nitrogens with one attached hydrogen (secondary N) is 1. The van der Waals surface area contributed by atoms with Gasteiger partial charge >= 0.3 is 0 Å². The minimum atomic E-state index is 0.507. The van der Waals surface area contributed by atoms with Crippen molar-refractivity contribution in [2.45, 2.75) is 25.7 Å². The molecule has 22 heavy (non-hydrogen) atoms. The molecule has 0 aliphatic carbocycles. The van der Waals surface area contributed by atoms with Crippen LogP contribution >= 0.6 is 28.4 Å². The predicted octanol–water partition coefficient (Wildman–Crippen LogP) is 3.36. The van der Waals surface area contributed by atoms with Crippen LogP contribution in [0.5, 0.6) is 0 Å². The number of carbonyl (C=O) groups is 1. The highest BCUT2D eigenvalue weighted by Gasteiger charge is 2.22. The Morgan fingerprint density at radius 2 is 2.18 bits per heavy atom. The lowest BCUT2D eigenvalue weighted by molar-refractivity contribution is -0.106. The first-order valence-corrected chi connectivity index (χ1v) is 11.2. The maximum atomic E-state index is 8.81. The first-order chi connectivity index (χ1) is 10.7. The van der Waals surface area contributed by atoms with E-state index in [1.807, 2.05) is 13.2 Å². The van der Waals surface area contributed by atoms with E-state index in [9.17, 15) is 0 Å². The molecule has 0 aromatic carbocycles. The Balaban J connectivity index is 0.000000545. The van der Waals surface area contributed by atoms with E-state index < -0.39 is 0 Å². The zero-order valence-corrected chi connectivity index (χ0v) is 15.8. The summed E-state index contributed by atoms with van der Waals surface area (Å²) in [5.74, 6) is 1.40. The highest BCUT2D eigenvalue weighted by Crippen LogP contribution is 2.36. The van der Waals surface area contributed by atoms with E-state index in [-0.39, 0.29) is 0 Å². The van der Waals surface area contributed by atoms with Crippen molar-refractivity contribution in [2.24, 2.45) is 0 Å². The number of carbonyl (C=O) groups excluding carboxylic acids is 1. The van der Waals surface area contributed by atoms with Crippen LogP contribution in [0.3, 0.4) is 0 Å². The van der Waals surface area contributed by atoms with E-state index in [4.69, 9.17) is 14.6 Å². The van der Waals surface area contributed by atoms with Crippen LogP contribution in [0, 0.1) is 0 Å². The van der Waals surface area contributed by atoms with Gasteiger partial charge in [0.05, 0.1) is 17.6 Å². The molecule has 1 aliphatic rings. The zero-order chi connectivity index (χ0) is 15.9. The number of pyridine rings is 1. The van der Waals surface area contributed by atoms with Gasteiger partial charge in [0.1, 0.15) is 12.1 Å². The van der Waals surface area contributed by atoms with Crippen LogP contribution in [0.1, 0.15) is 31.4 Å². The van der Waals surface area contributed by atoms with Gasteiger partial charge in [0.15, 0.2) is 0 Å². The molecule has 1 atom stereocenters. The lowest BCUT2D eigenvalue weighted by Gasteiger charge is -2.20. The van der Waals surface area contributed by atoms with Crippen LogP contribution in [-0.4, -0.2) is 41.1 Å². The molecule has 6 nitrogen and oxygen atoms in total. The van der Waals surface area contributed by atoms with Gasteiger partial charge in [-0.25, -0.2) is 9.44 Å². The number of fused-ring (bicyclic) bond motifs is 1. The van der Waals surface area contributed by atoms with E-state index in [1.165, 1.54) is 23.5 Å². The number of anilines is 1. The molecule has 1 unspecified atom stereocenters. The molecule has 3 rings (SSSR count). The molecule has 2 aromatic rings. The number of aldehydes is 1. The number of nitrogens with zero attached hydrogens (tertiary/aromatic N) is 3. The van der Waals surface area contributed by atoms with E-state index >= 15 is 0 Å². The Morgan fingerprint density at radius 1 is 1.50 bits per heavy atom. The Bertz CT molecular complexity index is 629. The monoisotopic (exact) mass is 434 g/mol. The molecule has 0 saturated carbocycles. The third kappa shape index (κ3) is 3.94. The number of rotatable bonds is 3. The highest BCUT2D eigenvalue weighted by molar-refractivity contribution is 14.2. The maximum Gasteiger partial charge on any atom is 0.127 e. The van der Waals surface area contributed by atoms with Gasteiger partial charge < -0.3 is 14.8 Å². The predicted molar refractivity (Wildman–Crippen MR) is 99.3 cm³/mol. The van der Waals surface area contributed by atoms with Crippen LogP contribution in [0.2, 0.25) is 0 Å². The van der Waals surface area contributed by atoms with Crippen LogP contribution in [0.25, 0.3) is 10.9 Å². The molecule has 1 fully saturated rings. The van der Waals surface area contributed by atoms with Crippen molar-refractivity contribution in [3.8, 4) is 0 Å². The summed E-state index contributed by atoms with van der Waals surface area (Å²) in [6, 6.07) is 2.08. The average molecular weight is 434 g/mol. The Morgan fingerprint density at radius 3 is 2.77 bits per heavy atom. The smallest absolute Gasteiger partial charge is 0.127 e. The summed E-state index contributed by atoms with van der Waals surface area (Å²) in [5.41, 5.74) is 2.37. The fraction of sp³-hybridized carbons (Fsp3) is 0.500. The molecule has 120 valence electrons.